The summed E-state index contributed by atoms with van der Waals surface area (Å²) < 4.78 is 1.59. The number of likely N-dealkylation sites (N-methyl/N-ethyl adjacent to an activating group) is 1. The van der Waals surface area contributed by atoms with E-state index in [1.165, 1.54) is 0 Å². The van der Waals surface area contributed by atoms with E-state index in [-0.39, 0.29) is 23.8 Å². The molecule has 94 valence electrons. The molecule has 1 aromatic heterocycles. The third-order valence-electron chi connectivity index (χ3n) is 2.17. The zero-order valence-corrected chi connectivity index (χ0v) is 10.4. The van der Waals surface area contributed by atoms with Gasteiger partial charge in [-0.25, -0.2) is 4.98 Å². The molecule has 0 fully saturated rings. The zero-order valence-electron chi connectivity index (χ0n) is 10.4. The fourth-order valence-corrected chi connectivity index (χ4v) is 1.36. The van der Waals surface area contributed by atoms with Gasteiger partial charge in [0.05, 0.1) is 6.54 Å². The molecule has 0 aromatic carbocycles. The first kappa shape index (κ1) is 13.2. The second kappa shape index (κ2) is 6.03. The van der Waals surface area contributed by atoms with E-state index in [9.17, 15) is 9.59 Å². The van der Waals surface area contributed by atoms with Crippen LogP contribution in [0.1, 0.15) is 13.8 Å². The SMILES string of the molecule is CNC(=O)CNc1nccn(CC(C)C)c1=O. The van der Waals surface area contributed by atoms with Crippen LogP contribution in [0.25, 0.3) is 0 Å². The summed E-state index contributed by atoms with van der Waals surface area (Å²) in [4.78, 5) is 26.9. The Morgan fingerprint density at radius 2 is 2.24 bits per heavy atom. The molecule has 2 N–H and O–H groups in total. The lowest BCUT2D eigenvalue weighted by molar-refractivity contribution is -0.118. The molecule has 0 spiro atoms. The largest absolute Gasteiger partial charge is 0.358 e. The number of rotatable bonds is 5. The fourth-order valence-electron chi connectivity index (χ4n) is 1.36. The fraction of sp³-hybridized carbons (Fsp3) is 0.545. The van der Waals surface area contributed by atoms with Gasteiger partial charge in [0.15, 0.2) is 5.82 Å². The van der Waals surface area contributed by atoms with Crippen LogP contribution < -0.4 is 16.2 Å². The first-order valence-corrected chi connectivity index (χ1v) is 5.54. The lowest BCUT2D eigenvalue weighted by atomic mass is 10.2. The molecule has 17 heavy (non-hydrogen) atoms. The maximum Gasteiger partial charge on any atom is 0.293 e. The summed E-state index contributed by atoms with van der Waals surface area (Å²) in [6.45, 7) is 4.75. The van der Waals surface area contributed by atoms with Crippen LogP contribution in [0.5, 0.6) is 0 Å². The van der Waals surface area contributed by atoms with Crippen LogP contribution in [-0.2, 0) is 11.3 Å². The van der Waals surface area contributed by atoms with Gasteiger partial charge in [0.25, 0.3) is 5.56 Å². The monoisotopic (exact) mass is 238 g/mol. The van der Waals surface area contributed by atoms with Crippen molar-refractivity contribution >= 4 is 11.7 Å². The number of aromatic nitrogens is 2. The van der Waals surface area contributed by atoms with Gasteiger partial charge in [0, 0.05) is 26.0 Å². The first-order chi connectivity index (χ1) is 8.04. The number of nitrogens with zero attached hydrogens (tertiary/aromatic N) is 2. The van der Waals surface area contributed by atoms with Gasteiger partial charge in [0.2, 0.25) is 5.91 Å². The molecule has 6 heteroatoms. The zero-order chi connectivity index (χ0) is 12.8. The Morgan fingerprint density at radius 3 is 2.82 bits per heavy atom. The van der Waals surface area contributed by atoms with E-state index >= 15 is 0 Å². The van der Waals surface area contributed by atoms with E-state index < -0.39 is 0 Å². The number of anilines is 1. The van der Waals surface area contributed by atoms with Crippen LogP contribution in [0.2, 0.25) is 0 Å². The number of hydrogen-bond donors (Lipinski definition) is 2. The van der Waals surface area contributed by atoms with Crippen molar-refractivity contribution in [2.24, 2.45) is 5.92 Å². The maximum atomic E-state index is 11.9. The van der Waals surface area contributed by atoms with E-state index in [2.05, 4.69) is 15.6 Å². The van der Waals surface area contributed by atoms with Gasteiger partial charge < -0.3 is 15.2 Å². The van der Waals surface area contributed by atoms with Crippen LogP contribution in [0, 0.1) is 5.92 Å². The third-order valence-corrected chi connectivity index (χ3v) is 2.17. The lowest BCUT2D eigenvalue weighted by Crippen LogP contribution is -2.31. The van der Waals surface area contributed by atoms with Crippen molar-refractivity contribution in [3.63, 3.8) is 0 Å². The highest BCUT2D eigenvalue weighted by molar-refractivity contribution is 5.79. The minimum atomic E-state index is -0.204. The number of hydrogen-bond acceptors (Lipinski definition) is 4. The van der Waals surface area contributed by atoms with Gasteiger partial charge in [-0.2, -0.15) is 0 Å². The van der Waals surface area contributed by atoms with Crippen molar-refractivity contribution in [1.82, 2.24) is 14.9 Å². The van der Waals surface area contributed by atoms with E-state index in [1.54, 1.807) is 24.0 Å². The van der Waals surface area contributed by atoms with Crippen LogP contribution in [0.15, 0.2) is 17.2 Å². The smallest absolute Gasteiger partial charge is 0.293 e. The van der Waals surface area contributed by atoms with Gasteiger partial charge in [-0.1, -0.05) is 13.8 Å². The summed E-state index contributed by atoms with van der Waals surface area (Å²) in [5, 5.41) is 5.18. The van der Waals surface area contributed by atoms with Gasteiger partial charge in [0.1, 0.15) is 0 Å². The molecular weight excluding hydrogens is 220 g/mol. The van der Waals surface area contributed by atoms with Crippen molar-refractivity contribution in [3.05, 3.63) is 22.7 Å². The minimum Gasteiger partial charge on any atom is -0.358 e. The molecule has 6 nitrogen and oxygen atoms in total. The van der Waals surface area contributed by atoms with Crippen LogP contribution in [-0.4, -0.2) is 29.1 Å². The van der Waals surface area contributed by atoms with Crippen molar-refractivity contribution in [3.8, 4) is 0 Å². The van der Waals surface area contributed by atoms with Crippen LogP contribution in [0.3, 0.4) is 0 Å². The van der Waals surface area contributed by atoms with Crippen LogP contribution >= 0.6 is 0 Å². The highest BCUT2D eigenvalue weighted by Gasteiger charge is 2.06. The van der Waals surface area contributed by atoms with Gasteiger partial charge in [-0.15, -0.1) is 0 Å². The molecule has 0 saturated heterocycles. The molecule has 1 aromatic rings. The molecular formula is C11H18N4O2. The third kappa shape index (κ3) is 3.90. The molecule has 1 heterocycles. The van der Waals surface area contributed by atoms with E-state index in [4.69, 9.17) is 0 Å². The summed E-state index contributed by atoms with van der Waals surface area (Å²) in [6, 6.07) is 0. The molecule has 1 amide bonds. The summed E-state index contributed by atoms with van der Waals surface area (Å²) in [7, 11) is 1.54. The Bertz CT molecular complexity index is 439. The van der Waals surface area contributed by atoms with Crippen molar-refractivity contribution in [2.45, 2.75) is 20.4 Å². The lowest BCUT2D eigenvalue weighted by Gasteiger charge is -2.10. The van der Waals surface area contributed by atoms with Gasteiger partial charge >= 0.3 is 0 Å². The molecule has 0 bridgehead atoms. The number of carbonyl (C=O) groups is 1. The summed E-state index contributed by atoms with van der Waals surface area (Å²) >= 11 is 0. The Hall–Kier alpha value is -1.85. The second-order valence-corrected chi connectivity index (χ2v) is 4.15. The Balaban J connectivity index is 2.80. The van der Waals surface area contributed by atoms with E-state index in [1.807, 2.05) is 13.8 Å². The van der Waals surface area contributed by atoms with Gasteiger partial charge in [-0.3, -0.25) is 9.59 Å². The summed E-state index contributed by atoms with van der Waals surface area (Å²) in [5.41, 5.74) is -0.204. The second-order valence-electron chi connectivity index (χ2n) is 4.15. The first-order valence-electron chi connectivity index (χ1n) is 5.54. The minimum absolute atomic E-state index is 0.0461. The molecule has 0 aliphatic carbocycles. The normalized spacial score (nSPS) is 10.4. The van der Waals surface area contributed by atoms with E-state index in [0.717, 1.165) is 0 Å². The number of carbonyl (C=O) groups excluding carboxylic acids is 1. The Labute approximate surface area is 100 Å². The summed E-state index contributed by atoms with van der Waals surface area (Å²) in [6.07, 6.45) is 3.20. The Kier molecular flexibility index (Phi) is 4.68. The molecule has 0 radical (unpaired) electrons. The highest BCUT2D eigenvalue weighted by Crippen LogP contribution is 1.98. The number of nitrogens with one attached hydrogen (secondary N) is 2. The molecule has 0 atom stereocenters. The molecule has 0 saturated carbocycles. The molecule has 0 unspecified atom stereocenters. The standard InChI is InChI=1S/C11H18N4O2/c1-8(2)7-15-5-4-13-10(11(15)17)14-6-9(16)12-3/h4-5,8H,6-7H2,1-3H3,(H,12,16)(H,13,14). The molecule has 1 rings (SSSR count). The Morgan fingerprint density at radius 1 is 1.53 bits per heavy atom. The summed E-state index contributed by atoms with van der Waals surface area (Å²) in [5.74, 6) is 0.393. The van der Waals surface area contributed by atoms with Gasteiger partial charge in [-0.05, 0) is 5.92 Å². The maximum absolute atomic E-state index is 11.9. The molecule has 0 aliphatic rings. The van der Waals surface area contributed by atoms with Crippen LogP contribution in [0.4, 0.5) is 5.82 Å². The topological polar surface area (TPSA) is 76.0 Å². The quantitative estimate of drug-likeness (QED) is 0.760. The predicted octanol–water partition coefficient (Wildman–Crippen LogP) is 0.0572. The average molecular weight is 238 g/mol. The highest BCUT2D eigenvalue weighted by atomic mass is 16.2. The average Bonchev–Trinajstić information content (AvgIpc) is 2.29. The van der Waals surface area contributed by atoms with Crippen molar-refractivity contribution in [2.75, 3.05) is 18.9 Å². The van der Waals surface area contributed by atoms with Crippen molar-refractivity contribution < 1.29 is 4.79 Å². The van der Waals surface area contributed by atoms with Crippen molar-refractivity contribution in [1.29, 1.82) is 0 Å². The number of amides is 1. The molecule has 0 aliphatic heterocycles. The van der Waals surface area contributed by atoms with E-state index in [0.29, 0.717) is 12.5 Å². The predicted molar refractivity (Wildman–Crippen MR) is 65.9 cm³/mol.